The Bertz CT molecular complexity index is 386. The number of cyclic esters (lactones) is 1. The standard InChI is InChI=1S/C11H12O4/c1-7-11-5-3-2-4-10(11,9(13)14-7)6-8(12)15-11/h2,4,7H,3,5-6H2,1H3/t7-,10-,11?/m0/s1. The minimum atomic E-state index is -0.832. The normalized spacial score (nSPS) is 47.1. The summed E-state index contributed by atoms with van der Waals surface area (Å²) in [5.74, 6) is -0.596. The van der Waals surface area contributed by atoms with Crippen LogP contribution in [0.1, 0.15) is 26.2 Å². The van der Waals surface area contributed by atoms with Gasteiger partial charge in [0.25, 0.3) is 0 Å². The number of ether oxygens (including phenoxy) is 2. The predicted molar refractivity (Wildman–Crippen MR) is 49.8 cm³/mol. The van der Waals surface area contributed by atoms with Gasteiger partial charge < -0.3 is 9.47 Å². The summed E-state index contributed by atoms with van der Waals surface area (Å²) in [6.45, 7) is 1.80. The second-order valence-electron chi connectivity index (χ2n) is 4.50. The third-order valence-electron chi connectivity index (χ3n) is 3.86. The van der Waals surface area contributed by atoms with Crippen molar-refractivity contribution in [3.05, 3.63) is 12.2 Å². The minimum absolute atomic E-state index is 0.132. The predicted octanol–water partition coefficient (Wildman–Crippen LogP) is 0.954. The number of rotatable bonds is 0. The van der Waals surface area contributed by atoms with Crippen molar-refractivity contribution in [1.29, 1.82) is 0 Å². The number of hydrogen-bond donors (Lipinski definition) is 0. The number of carbonyl (C=O) groups is 2. The van der Waals surface area contributed by atoms with Crippen molar-refractivity contribution in [3.8, 4) is 0 Å². The molecule has 1 aliphatic carbocycles. The largest absolute Gasteiger partial charge is 0.458 e. The zero-order valence-corrected chi connectivity index (χ0v) is 8.49. The molecule has 2 heterocycles. The molecule has 2 fully saturated rings. The Hall–Kier alpha value is -1.32. The van der Waals surface area contributed by atoms with Gasteiger partial charge in [-0.1, -0.05) is 12.2 Å². The summed E-state index contributed by atoms with van der Waals surface area (Å²) in [7, 11) is 0. The molecular weight excluding hydrogens is 196 g/mol. The third kappa shape index (κ3) is 0.794. The number of hydrogen-bond acceptors (Lipinski definition) is 4. The third-order valence-corrected chi connectivity index (χ3v) is 3.86. The quantitative estimate of drug-likeness (QED) is 0.439. The molecule has 3 rings (SSSR count). The fourth-order valence-corrected chi connectivity index (χ4v) is 3.09. The van der Waals surface area contributed by atoms with Crippen molar-refractivity contribution in [2.75, 3.05) is 0 Å². The van der Waals surface area contributed by atoms with Crippen molar-refractivity contribution in [1.82, 2.24) is 0 Å². The van der Waals surface area contributed by atoms with E-state index in [0.717, 1.165) is 6.42 Å². The first-order valence-electron chi connectivity index (χ1n) is 5.21. The summed E-state index contributed by atoms with van der Waals surface area (Å²) >= 11 is 0. The van der Waals surface area contributed by atoms with E-state index >= 15 is 0 Å². The molecule has 80 valence electrons. The molecule has 0 amide bonds. The van der Waals surface area contributed by atoms with Crippen LogP contribution in [0.4, 0.5) is 0 Å². The molecule has 2 saturated heterocycles. The van der Waals surface area contributed by atoms with E-state index in [1.54, 1.807) is 6.92 Å². The highest BCUT2D eigenvalue weighted by atomic mass is 16.6. The minimum Gasteiger partial charge on any atom is -0.458 e. The van der Waals surface area contributed by atoms with Crippen LogP contribution in [-0.4, -0.2) is 23.6 Å². The lowest BCUT2D eigenvalue weighted by atomic mass is 9.66. The van der Waals surface area contributed by atoms with Crippen LogP contribution in [-0.2, 0) is 19.1 Å². The SMILES string of the molecule is C[C@@H]1OC(=O)[C@@]23C=CCCC12OC(=O)C3. The Morgan fingerprint density at radius 3 is 3.00 bits per heavy atom. The van der Waals surface area contributed by atoms with Crippen LogP contribution in [0.3, 0.4) is 0 Å². The highest BCUT2D eigenvalue weighted by Crippen LogP contribution is 2.57. The van der Waals surface area contributed by atoms with E-state index in [4.69, 9.17) is 9.47 Å². The van der Waals surface area contributed by atoms with Gasteiger partial charge in [-0.25, -0.2) is 0 Å². The van der Waals surface area contributed by atoms with Crippen molar-refractivity contribution in [3.63, 3.8) is 0 Å². The van der Waals surface area contributed by atoms with E-state index in [1.807, 2.05) is 12.2 Å². The maximum Gasteiger partial charge on any atom is 0.321 e. The van der Waals surface area contributed by atoms with Crippen molar-refractivity contribution >= 4 is 11.9 Å². The average molecular weight is 208 g/mol. The van der Waals surface area contributed by atoms with Gasteiger partial charge in [0.1, 0.15) is 11.5 Å². The Kier molecular flexibility index (Phi) is 1.45. The molecule has 0 aromatic carbocycles. The van der Waals surface area contributed by atoms with Crippen LogP contribution >= 0.6 is 0 Å². The molecular formula is C11H12O4. The highest BCUT2D eigenvalue weighted by molar-refractivity contribution is 5.93. The van der Waals surface area contributed by atoms with Gasteiger partial charge in [-0.3, -0.25) is 9.59 Å². The fraction of sp³-hybridized carbons (Fsp3) is 0.636. The van der Waals surface area contributed by atoms with E-state index in [1.165, 1.54) is 0 Å². The van der Waals surface area contributed by atoms with Crippen molar-refractivity contribution < 1.29 is 19.1 Å². The lowest BCUT2D eigenvalue weighted by Gasteiger charge is -2.36. The molecule has 0 bridgehead atoms. The second-order valence-corrected chi connectivity index (χ2v) is 4.50. The molecule has 1 unspecified atom stereocenters. The van der Waals surface area contributed by atoms with Crippen LogP contribution in [0.5, 0.6) is 0 Å². The molecule has 0 N–H and O–H groups in total. The summed E-state index contributed by atoms with van der Waals surface area (Å²) in [5.41, 5.74) is -1.56. The molecule has 4 nitrogen and oxygen atoms in total. The lowest BCUT2D eigenvalue weighted by molar-refractivity contribution is -0.159. The smallest absolute Gasteiger partial charge is 0.321 e. The van der Waals surface area contributed by atoms with Crippen molar-refractivity contribution in [2.24, 2.45) is 5.41 Å². The lowest BCUT2D eigenvalue weighted by Crippen LogP contribution is -2.49. The Labute approximate surface area is 87.2 Å². The van der Waals surface area contributed by atoms with Crippen LogP contribution in [0.2, 0.25) is 0 Å². The number of esters is 2. The highest BCUT2D eigenvalue weighted by Gasteiger charge is 2.72. The van der Waals surface area contributed by atoms with Gasteiger partial charge in [0.2, 0.25) is 0 Å². The van der Waals surface area contributed by atoms with Gasteiger partial charge in [-0.05, 0) is 19.8 Å². The molecule has 0 saturated carbocycles. The summed E-state index contributed by atoms with van der Waals surface area (Å²) < 4.78 is 10.7. The molecule has 0 spiro atoms. The van der Waals surface area contributed by atoms with E-state index in [0.29, 0.717) is 6.42 Å². The van der Waals surface area contributed by atoms with Gasteiger partial charge in [0, 0.05) is 0 Å². The molecule has 0 radical (unpaired) electrons. The van der Waals surface area contributed by atoms with Gasteiger partial charge in [0.05, 0.1) is 6.42 Å². The van der Waals surface area contributed by atoms with Gasteiger partial charge in [-0.2, -0.15) is 0 Å². The molecule has 15 heavy (non-hydrogen) atoms. The van der Waals surface area contributed by atoms with E-state index < -0.39 is 11.0 Å². The van der Waals surface area contributed by atoms with E-state index in [9.17, 15) is 9.59 Å². The zero-order valence-electron chi connectivity index (χ0n) is 8.49. The van der Waals surface area contributed by atoms with Crippen molar-refractivity contribution in [2.45, 2.75) is 37.9 Å². The molecule has 3 atom stereocenters. The molecule has 0 aromatic heterocycles. The average Bonchev–Trinajstić information content (AvgIpc) is 2.60. The van der Waals surface area contributed by atoms with Crippen LogP contribution < -0.4 is 0 Å². The van der Waals surface area contributed by atoms with Gasteiger partial charge in [-0.15, -0.1) is 0 Å². The first-order valence-corrected chi connectivity index (χ1v) is 5.21. The summed E-state index contributed by atoms with van der Waals surface area (Å²) in [4.78, 5) is 23.3. The zero-order chi connectivity index (χ0) is 10.7. The maximum absolute atomic E-state index is 11.9. The van der Waals surface area contributed by atoms with E-state index in [-0.39, 0.29) is 24.5 Å². The van der Waals surface area contributed by atoms with Gasteiger partial charge >= 0.3 is 11.9 Å². The van der Waals surface area contributed by atoms with E-state index in [2.05, 4.69) is 0 Å². The Balaban J connectivity index is 2.21. The summed E-state index contributed by atoms with van der Waals surface area (Å²) in [5, 5.41) is 0. The first kappa shape index (κ1) is 8.95. The van der Waals surface area contributed by atoms with Gasteiger partial charge in [0.15, 0.2) is 5.60 Å². The fourth-order valence-electron chi connectivity index (χ4n) is 3.09. The molecule has 2 aliphatic heterocycles. The first-order chi connectivity index (χ1) is 7.11. The second kappa shape index (κ2) is 2.43. The number of allylic oxidation sites excluding steroid dienone is 1. The maximum atomic E-state index is 11.9. The summed E-state index contributed by atoms with van der Waals surface area (Å²) in [6.07, 6.45) is 5.07. The Morgan fingerprint density at radius 1 is 1.47 bits per heavy atom. The molecule has 4 heteroatoms. The van der Waals surface area contributed by atoms with Crippen LogP contribution in [0.15, 0.2) is 12.2 Å². The monoisotopic (exact) mass is 208 g/mol. The Morgan fingerprint density at radius 2 is 2.27 bits per heavy atom. The molecule has 0 aromatic rings. The van der Waals surface area contributed by atoms with Crippen LogP contribution in [0, 0.1) is 5.41 Å². The summed E-state index contributed by atoms with van der Waals surface area (Å²) in [6, 6.07) is 0. The molecule has 3 aliphatic rings. The van der Waals surface area contributed by atoms with Crippen LogP contribution in [0.25, 0.3) is 0 Å². The number of carbonyl (C=O) groups excluding carboxylic acids is 2. The topological polar surface area (TPSA) is 52.6 Å².